The molecular formula is C13H18FNO2S. The molecular weight excluding hydrogens is 253 g/mol. The fourth-order valence-corrected chi connectivity index (χ4v) is 2.41. The van der Waals surface area contributed by atoms with Gasteiger partial charge >= 0.3 is 0 Å². The lowest BCUT2D eigenvalue weighted by molar-refractivity contribution is -0.121. The highest BCUT2D eigenvalue weighted by Crippen LogP contribution is 2.13. The molecule has 18 heavy (non-hydrogen) atoms. The molecule has 5 heteroatoms. The summed E-state index contributed by atoms with van der Waals surface area (Å²) in [6, 6.07) is 5.35. The molecule has 0 saturated heterocycles. The Labute approximate surface area is 109 Å². The van der Waals surface area contributed by atoms with Gasteiger partial charge in [-0.05, 0) is 52.0 Å². The summed E-state index contributed by atoms with van der Waals surface area (Å²) in [6.07, 6.45) is 0. The zero-order chi connectivity index (χ0) is 13.9. The Hall–Kier alpha value is -1.23. The maximum absolute atomic E-state index is 12.8. The van der Waals surface area contributed by atoms with Crippen molar-refractivity contribution in [3.8, 4) is 0 Å². The first-order valence-corrected chi connectivity index (χ1v) is 6.90. The van der Waals surface area contributed by atoms with E-state index in [-0.39, 0.29) is 17.3 Å². The maximum Gasteiger partial charge on any atom is 0.236 e. The van der Waals surface area contributed by atoms with Gasteiger partial charge in [0, 0.05) is 10.4 Å². The van der Waals surface area contributed by atoms with Crippen LogP contribution in [0.15, 0.2) is 29.2 Å². The molecule has 2 atom stereocenters. The lowest BCUT2D eigenvalue weighted by Crippen LogP contribution is -2.46. The number of benzene rings is 1. The van der Waals surface area contributed by atoms with E-state index in [1.54, 1.807) is 6.92 Å². The second-order valence-corrected chi connectivity index (χ2v) is 6.91. The molecule has 0 aliphatic rings. The average molecular weight is 271 g/mol. The molecule has 0 bridgehead atoms. The number of hydrogen-bond acceptors (Lipinski definition) is 2. The van der Waals surface area contributed by atoms with Crippen molar-refractivity contribution in [1.82, 2.24) is 5.32 Å². The highest BCUT2D eigenvalue weighted by molar-refractivity contribution is 7.86. The molecule has 0 radical (unpaired) electrons. The molecule has 1 amide bonds. The van der Waals surface area contributed by atoms with Gasteiger partial charge in [0.15, 0.2) is 0 Å². The maximum atomic E-state index is 12.8. The number of amides is 1. The van der Waals surface area contributed by atoms with Crippen LogP contribution in [-0.4, -0.2) is 20.9 Å². The minimum Gasteiger partial charge on any atom is -0.350 e. The van der Waals surface area contributed by atoms with Crippen LogP contribution in [-0.2, 0) is 15.6 Å². The Morgan fingerprint density at radius 1 is 1.28 bits per heavy atom. The van der Waals surface area contributed by atoms with Crippen molar-refractivity contribution >= 4 is 16.7 Å². The zero-order valence-corrected chi connectivity index (χ0v) is 11.8. The van der Waals surface area contributed by atoms with E-state index < -0.39 is 16.0 Å². The third-order valence-electron chi connectivity index (χ3n) is 2.23. The van der Waals surface area contributed by atoms with E-state index in [1.165, 1.54) is 24.3 Å². The van der Waals surface area contributed by atoms with Gasteiger partial charge in [-0.1, -0.05) is 0 Å². The summed E-state index contributed by atoms with van der Waals surface area (Å²) in [6.45, 7) is 7.18. The van der Waals surface area contributed by atoms with Crippen LogP contribution < -0.4 is 5.32 Å². The summed E-state index contributed by atoms with van der Waals surface area (Å²) in [4.78, 5) is 12.3. The van der Waals surface area contributed by atoms with Gasteiger partial charge in [0.05, 0.1) is 10.8 Å². The molecule has 3 nitrogen and oxygen atoms in total. The van der Waals surface area contributed by atoms with Crippen molar-refractivity contribution in [3.05, 3.63) is 30.1 Å². The van der Waals surface area contributed by atoms with Crippen molar-refractivity contribution in [2.24, 2.45) is 0 Å². The van der Waals surface area contributed by atoms with Crippen molar-refractivity contribution < 1.29 is 13.4 Å². The predicted octanol–water partition coefficient (Wildman–Crippen LogP) is 2.24. The largest absolute Gasteiger partial charge is 0.350 e. The first kappa shape index (κ1) is 14.8. The minimum atomic E-state index is -1.48. The summed E-state index contributed by atoms with van der Waals surface area (Å²) in [7, 11) is -1.48. The second-order valence-electron chi connectivity index (χ2n) is 5.13. The molecule has 100 valence electrons. The minimum absolute atomic E-state index is 0.273. The first-order chi connectivity index (χ1) is 8.20. The molecule has 0 aromatic heterocycles. The quantitative estimate of drug-likeness (QED) is 0.916. The van der Waals surface area contributed by atoms with Gasteiger partial charge < -0.3 is 5.32 Å². The molecule has 0 saturated carbocycles. The Morgan fingerprint density at radius 2 is 1.78 bits per heavy atom. The van der Waals surface area contributed by atoms with Gasteiger partial charge in [-0.3, -0.25) is 9.00 Å². The molecule has 0 heterocycles. The first-order valence-electron chi connectivity index (χ1n) is 5.69. The van der Waals surface area contributed by atoms with Gasteiger partial charge in [0.1, 0.15) is 11.1 Å². The molecule has 2 unspecified atom stereocenters. The Bertz CT molecular complexity index is 451. The van der Waals surface area contributed by atoms with Gasteiger partial charge in [-0.2, -0.15) is 0 Å². The molecule has 1 rings (SSSR count). The molecule has 1 N–H and O–H groups in total. The van der Waals surface area contributed by atoms with Crippen LogP contribution in [0.2, 0.25) is 0 Å². The summed E-state index contributed by atoms with van der Waals surface area (Å²) in [5.74, 6) is -0.660. The monoisotopic (exact) mass is 271 g/mol. The molecule has 0 spiro atoms. The van der Waals surface area contributed by atoms with Gasteiger partial charge in [-0.25, -0.2) is 4.39 Å². The van der Waals surface area contributed by atoms with Crippen LogP contribution in [0.1, 0.15) is 27.7 Å². The molecule has 0 fully saturated rings. The Kier molecular flexibility index (Phi) is 4.62. The summed E-state index contributed by atoms with van der Waals surface area (Å²) >= 11 is 0. The van der Waals surface area contributed by atoms with E-state index in [2.05, 4.69) is 5.32 Å². The Morgan fingerprint density at radius 3 is 2.22 bits per heavy atom. The summed E-state index contributed by atoms with van der Waals surface area (Å²) in [5, 5.41) is 2.10. The van der Waals surface area contributed by atoms with Crippen molar-refractivity contribution in [2.75, 3.05) is 0 Å². The number of nitrogens with one attached hydrogen (secondary N) is 1. The third-order valence-corrected chi connectivity index (χ3v) is 3.83. The van der Waals surface area contributed by atoms with Crippen molar-refractivity contribution in [3.63, 3.8) is 0 Å². The Balaban J connectivity index is 2.78. The fourth-order valence-electron chi connectivity index (χ4n) is 1.34. The van der Waals surface area contributed by atoms with E-state index in [1.807, 2.05) is 20.8 Å². The fraction of sp³-hybridized carbons (Fsp3) is 0.462. The van der Waals surface area contributed by atoms with Crippen LogP contribution in [0, 0.1) is 5.82 Å². The standard InChI is InChI=1S/C13H18FNO2S/c1-9(12(16)15-13(2,3)4)18(17)11-7-5-10(14)6-8-11/h5-9H,1-4H3,(H,15,16). The van der Waals surface area contributed by atoms with Crippen molar-refractivity contribution in [2.45, 2.75) is 43.4 Å². The van der Waals surface area contributed by atoms with E-state index >= 15 is 0 Å². The number of carbonyl (C=O) groups is 1. The summed E-state index contributed by atoms with van der Waals surface area (Å²) in [5.41, 5.74) is -0.363. The topological polar surface area (TPSA) is 46.2 Å². The van der Waals surface area contributed by atoms with Crippen molar-refractivity contribution in [1.29, 1.82) is 0 Å². The average Bonchev–Trinajstić information content (AvgIpc) is 2.26. The normalized spacial score (nSPS) is 14.9. The molecule has 1 aromatic carbocycles. The number of carbonyl (C=O) groups excluding carboxylic acids is 1. The predicted molar refractivity (Wildman–Crippen MR) is 70.2 cm³/mol. The van der Waals surface area contributed by atoms with E-state index in [0.717, 1.165) is 0 Å². The zero-order valence-electron chi connectivity index (χ0n) is 11.0. The smallest absolute Gasteiger partial charge is 0.236 e. The van der Waals surface area contributed by atoms with Crippen LogP contribution in [0.25, 0.3) is 0 Å². The van der Waals surface area contributed by atoms with Crippen LogP contribution in [0.3, 0.4) is 0 Å². The van der Waals surface area contributed by atoms with Crippen LogP contribution in [0.4, 0.5) is 4.39 Å². The third kappa shape index (κ3) is 4.22. The lowest BCUT2D eigenvalue weighted by atomic mass is 10.1. The van der Waals surface area contributed by atoms with E-state index in [9.17, 15) is 13.4 Å². The van der Waals surface area contributed by atoms with Gasteiger partial charge in [-0.15, -0.1) is 0 Å². The number of rotatable bonds is 3. The van der Waals surface area contributed by atoms with Crippen LogP contribution >= 0.6 is 0 Å². The van der Waals surface area contributed by atoms with Gasteiger partial charge in [0.2, 0.25) is 5.91 Å². The van der Waals surface area contributed by atoms with Gasteiger partial charge in [0.25, 0.3) is 0 Å². The molecule has 0 aliphatic carbocycles. The number of halogens is 1. The molecule has 0 aliphatic heterocycles. The highest BCUT2D eigenvalue weighted by Gasteiger charge is 2.24. The second kappa shape index (κ2) is 5.61. The number of hydrogen-bond donors (Lipinski definition) is 1. The van der Waals surface area contributed by atoms with E-state index in [0.29, 0.717) is 4.90 Å². The van der Waals surface area contributed by atoms with Crippen LogP contribution in [0.5, 0.6) is 0 Å². The summed E-state index contributed by atoms with van der Waals surface area (Å²) < 4.78 is 24.9. The lowest BCUT2D eigenvalue weighted by Gasteiger charge is -2.23. The SMILES string of the molecule is CC(C(=O)NC(C)(C)C)S(=O)c1ccc(F)cc1. The van der Waals surface area contributed by atoms with E-state index in [4.69, 9.17) is 0 Å². The molecule has 1 aromatic rings. The highest BCUT2D eigenvalue weighted by atomic mass is 32.2.